The van der Waals surface area contributed by atoms with E-state index in [4.69, 9.17) is 5.11 Å². The predicted octanol–water partition coefficient (Wildman–Crippen LogP) is 0.826. The number of carbonyl (C=O) groups excluding carboxylic acids is 1. The van der Waals surface area contributed by atoms with Crippen molar-refractivity contribution in [1.82, 2.24) is 0 Å². The minimum Gasteiger partial charge on any atom is -0.395 e. The number of hydrogen-bond acceptors (Lipinski definition) is 3. The van der Waals surface area contributed by atoms with Crippen LogP contribution in [-0.4, -0.2) is 30.2 Å². The maximum absolute atomic E-state index is 11.8. The van der Waals surface area contributed by atoms with Crippen molar-refractivity contribution >= 4 is 17.3 Å². The molecule has 0 aromatic heterocycles. The first-order chi connectivity index (χ1) is 7.24. The van der Waals surface area contributed by atoms with Gasteiger partial charge in [0.15, 0.2) is 0 Å². The van der Waals surface area contributed by atoms with Crippen molar-refractivity contribution in [3.63, 3.8) is 0 Å². The number of anilines is 2. The first-order valence-corrected chi connectivity index (χ1v) is 5.02. The van der Waals surface area contributed by atoms with Crippen LogP contribution in [0.25, 0.3) is 0 Å². The molecule has 1 atom stereocenters. The molecule has 0 aliphatic carbocycles. The summed E-state index contributed by atoms with van der Waals surface area (Å²) in [6.45, 7) is 2.15. The molecule has 0 bridgehead atoms. The Morgan fingerprint density at radius 3 is 2.93 bits per heavy atom. The van der Waals surface area contributed by atoms with Gasteiger partial charge in [0.05, 0.1) is 18.0 Å². The van der Waals surface area contributed by atoms with Gasteiger partial charge in [0, 0.05) is 6.54 Å². The van der Waals surface area contributed by atoms with Crippen molar-refractivity contribution in [2.45, 2.75) is 13.0 Å². The Labute approximate surface area is 88.5 Å². The monoisotopic (exact) mass is 206 g/mol. The Morgan fingerprint density at radius 2 is 2.20 bits per heavy atom. The smallest absolute Gasteiger partial charge is 0.249 e. The molecular weight excluding hydrogens is 192 g/mol. The molecule has 0 spiro atoms. The maximum Gasteiger partial charge on any atom is 0.249 e. The fourth-order valence-electron chi connectivity index (χ4n) is 1.81. The van der Waals surface area contributed by atoms with Crippen molar-refractivity contribution in [3.05, 3.63) is 24.3 Å². The Morgan fingerprint density at radius 1 is 1.47 bits per heavy atom. The van der Waals surface area contributed by atoms with Gasteiger partial charge in [-0.25, -0.2) is 0 Å². The number of para-hydroxylation sites is 2. The van der Waals surface area contributed by atoms with E-state index in [1.165, 1.54) is 0 Å². The Balaban J connectivity index is 2.40. The minimum atomic E-state index is -0.230. The van der Waals surface area contributed by atoms with E-state index in [9.17, 15) is 4.79 Å². The molecule has 2 rings (SSSR count). The molecule has 0 saturated carbocycles. The van der Waals surface area contributed by atoms with Gasteiger partial charge in [-0.1, -0.05) is 12.1 Å². The molecule has 0 fully saturated rings. The average Bonchev–Trinajstić information content (AvgIpc) is 2.25. The van der Waals surface area contributed by atoms with Crippen molar-refractivity contribution in [2.75, 3.05) is 23.4 Å². The summed E-state index contributed by atoms with van der Waals surface area (Å²) in [6, 6.07) is 7.38. The number of nitrogens with one attached hydrogen (secondary N) is 1. The molecule has 1 amide bonds. The molecule has 80 valence electrons. The molecule has 4 nitrogen and oxygen atoms in total. The van der Waals surface area contributed by atoms with Gasteiger partial charge in [-0.15, -0.1) is 0 Å². The molecule has 0 radical (unpaired) electrons. The molecule has 1 heterocycles. The van der Waals surface area contributed by atoms with Gasteiger partial charge in [0.2, 0.25) is 5.91 Å². The Hall–Kier alpha value is -1.55. The molecule has 1 aliphatic rings. The second kappa shape index (κ2) is 3.90. The van der Waals surface area contributed by atoms with Gasteiger partial charge in [-0.3, -0.25) is 4.79 Å². The topological polar surface area (TPSA) is 52.6 Å². The standard InChI is InChI=1S/C11H14N2O2/c1-8-11(15)13(6-7-14)10-5-3-2-4-9(10)12-8/h2-5,8,12,14H,6-7H2,1H3. The maximum atomic E-state index is 11.8. The molecule has 1 aromatic carbocycles. The third kappa shape index (κ3) is 1.68. The van der Waals surface area contributed by atoms with Gasteiger partial charge in [-0.2, -0.15) is 0 Å². The SMILES string of the molecule is CC1Nc2ccccc2N(CCO)C1=O. The average molecular weight is 206 g/mol. The van der Waals surface area contributed by atoms with Crippen molar-refractivity contribution in [1.29, 1.82) is 0 Å². The first-order valence-electron chi connectivity index (χ1n) is 5.02. The zero-order chi connectivity index (χ0) is 10.8. The molecule has 0 saturated heterocycles. The third-order valence-electron chi connectivity index (χ3n) is 2.53. The van der Waals surface area contributed by atoms with E-state index < -0.39 is 0 Å². The molecule has 1 aromatic rings. The summed E-state index contributed by atoms with van der Waals surface area (Å²) < 4.78 is 0. The highest BCUT2D eigenvalue weighted by Crippen LogP contribution is 2.30. The highest BCUT2D eigenvalue weighted by atomic mass is 16.3. The van der Waals surface area contributed by atoms with Crippen LogP contribution < -0.4 is 10.2 Å². The van der Waals surface area contributed by atoms with Crippen LogP contribution in [0, 0.1) is 0 Å². The van der Waals surface area contributed by atoms with Crippen LogP contribution in [0.2, 0.25) is 0 Å². The number of aliphatic hydroxyl groups is 1. The molecule has 1 aliphatic heterocycles. The number of amides is 1. The van der Waals surface area contributed by atoms with Crippen LogP contribution in [0.1, 0.15) is 6.92 Å². The van der Waals surface area contributed by atoms with Crippen LogP contribution in [0.5, 0.6) is 0 Å². The van der Waals surface area contributed by atoms with E-state index in [1.54, 1.807) is 4.90 Å². The summed E-state index contributed by atoms with van der Waals surface area (Å²) in [5.74, 6) is 0.00255. The van der Waals surface area contributed by atoms with Crippen LogP contribution in [0.15, 0.2) is 24.3 Å². The molecule has 2 N–H and O–H groups in total. The van der Waals surface area contributed by atoms with E-state index in [2.05, 4.69) is 5.32 Å². The summed E-state index contributed by atoms with van der Waals surface area (Å²) in [5.41, 5.74) is 1.78. The summed E-state index contributed by atoms with van der Waals surface area (Å²) in [4.78, 5) is 13.5. The lowest BCUT2D eigenvalue weighted by molar-refractivity contribution is -0.119. The minimum absolute atomic E-state index is 0.00255. The second-order valence-corrected chi connectivity index (χ2v) is 3.60. The largest absolute Gasteiger partial charge is 0.395 e. The van der Waals surface area contributed by atoms with Crippen molar-refractivity contribution < 1.29 is 9.90 Å². The lowest BCUT2D eigenvalue weighted by Gasteiger charge is -2.33. The summed E-state index contributed by atoms with van der Waals surface area (Å²) in [6.07, 6.45) is 0. The molecular formula is C11H14N2O2. The van der Waals surface area contributed by atoms with E-state index in [0.717, 1.165) is 11.4 Å². The normalized spacial score (nSPS) is 19.7. The third-order valence-corrected chi connectivity index (χ3v) is 2.53. The number of hydrogen-bond donors (Lipinski definition) is 2. The number of rotatable bonds is 2. The van der Waals surface area contributed by atoms with Crippen LogP contribution in [-0.2, 0) is 4.79 Å². The zero-order valence-corrected chi connectivity index (χ0v) is 8.60. The fourth-order valence-corrected chi connectivity index (χ4v) is 1.81. The summed E-state index contributed by atoms with van der Waals surface area (Å²) >= 11 is 0. The molecule has 15 heavy (non-hydrogen) atoms. The second-order valence-electron chi connectivity index (χ2n) is 3.60. The molecule has 1 unspecified atom stereocenters. The Bertz CT molecular complexity index is 379. The van der Waals surface area contributed by atoms with Gasteiger partial charge in [-0.05, 0) is 19.1 Å². The fraction of sp³-hybridized carbons (Fsp3) is 0.364. The first kappa shape index (κ1) is 9.98. The van der Waals surface area contributed by atoms with Gasteiger partial charge in [0.25, 0.3) is 0 Å². The highest BCUT2D eigenvalue weighted by Gasteiger charge is 2.28. The highest BCUT2D eigenvalue weighted by molar-refractivity contribution is 6.04. The summed E-state index contributed by atoms with van der Waals surface area (Å²) in [7, 11) is 0. The van der Waals surface area contributed by atoms with Gasteiger partial charge in [0.1, 0.15) is 6.04 Å². The Kier molecular flexibility index (Phi) is 2.60. The number of β-amino-alcohol motifs (C(OH)–C–C–N with tert-alkyl or cyclic N) is 1. The van der Waals surface area contributed by atoms with Crippen LogP contribution >= 0.6 is 0 Å². The van der Waals surface area contributed by atoms with E-state index in [-0.39, 0.29) is 18.6 Å². The predicted molar refractivity (Wildman–Crippen MR) is 59.0 cm³/mol. The van der Waals surface area contributed by atoms with Gasteiger partial charge < -0.3 is 15.3 Å². The number of nitrogens with zero attached hydrogens (tertiary/aromatic N) is 1. The van der Waals surface area contributed by atoms with E-state index in [1.807, 2.05) is 31.2 Å². The lowest BCUT2D eigenvalue weighted by atomic mass is 10.1. The number of benzene rings is 1. The summed E-state index contributed by atoms with van der Waals surface area (Å²) in [5, 5.41) is 12.1. The van der Waals surface area contributed by atoms with Crippen LogP contribution in [0.4, 0.5) is 11.4 Å². The van der Waals surface area contributed by atoms with Crippen molar-refractivity contribution in [3.8, 4) is 0 Å². The van der Waals surface area contributed by atoms with Crippen LogP contribution in [0.3, 0.4) is 0 Å². The van der Waals surface area contributed by atoms with E-state index >= 15 is 0 Å². The zero-order valence-electron chi connectivity index (χ0n) is 8.60. The van der Waals surface area contributed by atoms with E-state index in [0.29, 0.717) is 6.54 Å². The number of fused-ring (bicyclic) bond motifs is 1. The number of carbonyl (C=O) groups is 1. The number of aliphatic hydroxyl groups excluding tert-OH is 1. The quantitative estimate of drug-likeness (QED) is 0.753. The molecule has 4 heteroatoms. The lowest BCUT2D eigenvalue weighted by Crippen LogP contribution is -2.46. The van der Waals surface area contributed by atoms with Gasteiger partial charge >= 0.3 is 0 Å². The van der Waals surface area contributed by atoms with Crippen molar-refractivity contribution in [2.24, 2.45) is 0 Å².